The fraction of sp³-hybridized carbons (Fsp3) is 0. The Hall–Kier alpha value is -0.870. The molecule has 0 saturated heterocycles. The van der Waals surface area contributed by atoms with Crippen LogP contribution in [0, 0.1) is 0 Å². The fourth-order valence-corrected chi connectivity index (χ4v) is 0.841. The third kappa shape index (κ3) is 3.50. The van der Waals surface area contributed by atoms with E-state index in [2.05, 4.69) is 12.2 Å². The second kappa shape index (κ2) is 4.90. The molecule has 2 N–H and O–H groups in total. The summed E-state index contributed by atoms with van der Waals surface area (Å²) in [4.78, 5) is 0. The first kappa shape index (κ1) is 11.1. The minimum atomic E-state index is 0. The van der Waals surface area contributed by atoms with Crippen molar-refractivity contribution < 1.29 is 9.44 Å². The molecule has 1 rings (SSSR count). The van der Waals surface area contributed by atoms with Gasteiger partial charge >= 0.3 is 0 Å². The summed E-state index contributed by atoms with van der Waals surface area (Å²) in [5.74, 6) is 0.599. The van der Waals surface area contributed by atoms with Crippen molar-refractivity contribution in [2.75, 3.05) is 0 Å². The van der Waals surface area contributed by atoms with Crippen molar-refractivity contribution in [1.82, 2.24) is 0 Å². The molecule has 0 heterocycles. The molecule has 0 amide bonds. The van der Waals surface area contributed by atoms with Gasteiger partial charge in [-0.05, 0) is 36.5 Å². The van der Waals surface area contributed by atoms with E-state index in [-0.39, 0.29) is 9.88 Å². The average Bonchev–Trinajstić information content (AvgIpc) is 1.93. The highest BCUT2D eigenvalue weighted by Crippen LogP contribution is 2.15. The molecule has 0 atom stereocenters. The maximum atomic E-state index is 5.63. The lowest BCUT2D eigenvalue weighted by Crippen LogP contribution is -2.15. The Morgan fingerprint density at radius 1 is 1.33 bits per heavy atom. The highest BCUT2D eigenvalue weighted by Gasteiger charge is 1.93. The van der Waals surface area contributed by atoms with Crippen LogP contribution < -0.4 is 10.5 Å². The van der Waals surface area contributed by atoms with Crippen molar-refractivity contribution in [2.45, 2.75) is 0 Å². The van der Waals surface area contributed by atoms with Gasteiger partial charge < -0.3 is 10.5 Å². The molecular formula is C7H7ClFNOS. The number of nitrogens with two attached hydrogens (primary N) is 1. The molecule has 0 aliphatic rings. The Kier molecular flexibility index (Phi) is 4.54. The van der Waals surface area contributed by atoms with E-state index in [1.165, 1.54) is 0 Å². The van der Waals surface area contributed by atoms with Gasteiger partial charge in [-0.3, -0.25) is 4.70 Å². The van der Waals surface area contributed by atoms with Crippen LogP contribution in [0.5, 0.6) is 5.75 Å². The fourth-order valence-electron chi connectivity index (χ4n) is 0.619. The van der Waals surface area contributed by atoms with Crippen molar-refractivity contribution in [3.63, 3.8) is 0 Å². The standard InChI is InChI=1S/C7H6ClNOS.FH/c8-5-1-3-6(4-2-5)10-7(9)11;/h1-4H,(H2,9,11);1H. The molecule has 1 aromatic rings. The van der Waals surface area contributed by atoms with Gasteiger partial charge in [0.25, 0.3) is 5.17 Å². The van der Waals surface area contributed by atoms with E-state index in [4.69, 9.17) is 22.1 Å². The topological polar surface area (TPSA) is 35.2 Å². The first-order chi connectivity index (χ1) is 5.18. The average molecular weight is 208 g/mol. The zero-order valence-electron chi connectivity index (χ0n) is 5.99. The molecule has 0 aliphatic heterocycles. The Morgan fingerprint density at radius 3 is 2.25 bits per heavy atom. The lowest BCUT2D eigenvalue weighted by Gasteiger charge is -2.00. The molecule has 0 spiro atoms. The summed E-state index contributed by atoms with van der Waals surface area (Å²) in [6.07, 6.45) is 0. The minimum Gasteiger partial charge on any atom is -0.432 e. The molecule has 0 unspecified atom stereocenters. The van der Waals surface area contributed by atoms with Gasteiger partial charge in [0, 0.05) is 5.02 Å². The van der Waals surface area contributed by atoms with E-state index in [1.807, 2.05) is 0 Å². The van der Waals surface area contributed by atoms with Crippen LogP contribution in [-0.2, 0) is 0 Å². The lowest BCUT2D eigenvalue weighted by atomic mass is 10.3. The van der Waals surface area contributed by atoms with Crippen LogP contribution in [0.3, 0.4) is 0 Å². The normalized spacial score (nSPS) is 8.42. The molecule has 0 saturated carbocycles. The molecule has 12 heavy (non-hydrogen) atoms. The molecule has 0 fully saturated rings. The van der Waals surface area contributed by atoms with E-state index >= 15 is 0 Å². The second-order valence-electron chi connectivity index (χ2n) is 1.88. The first-order valence-electron chi connectivity index (χ1n) is 2.91. The van der Waals surface area contributed by atoms with Gasteiger partial charge in [0.15, 0.2) is 0 Å². The molecule has 0 bridgehead atoms. The molecule has 5 heteroatoms. The Labute approximate surface area is 79.6 Å². The van der Waals surface area contributed by atoms with Gasteiger partial charge in [0.2, 0.25) is 0 Å². The van der Waals surface area contributed by atoms with Crippen LogP contribution in [0.2, 0.25) is 5.02 Å². The van der Waals surface area contributed by atoms with Gasteiger partial charge in [-0.25, -0.2) is 0 Å². The Bertz CT molecular complexity index is 265. The van der Waals surface area contributed by atoms with Crippen molar-refractivity contribution in [2.24, 2.45) is 5.73 Å². The SMILES string of the molecule is F.NC(=S)Oc1ccc(Cl)cc1. The monoisotopic (exact) mass is 207 g/mol. The van der Waals surface area contributed by atoms with Crippen LogP contribution in [0.4, 0.5) is 4.70 Å². The summed E-state index contributed by atoms with van der Waals surface area (Å²) >= 11 is 10.2. The largest absolute Gasteiger partial charge is 0.432 e. The third-order valence-corrected chi connectivity index (χ3v) is 1.37. The van der Waals surface area contributed by atoms with Crippen LogP contribution in [0.15, 0.2) is 24.3 Å². The number of hydrogen-bond acceptors (Lipinski definition) is 2. The summed E-state index contributed by atoms with van der Waals surface area (Å²) in [5.41, 5.74) is 5.14. The van der Waals surface area contributed by atoms with Gasteiger partial charge in [0.1, 0.15) is 5.75 Å². The number of thiocarbonyl (C=S) groups is 1. The number of rotatable bonds is 1. The predicted octanol–water partition coefficient (Wildman–Crippen LogP) is 2.11. The smallest absolute Gasteiger partial charge is 0.259 e. The molecule has 66 valence electrons. The minimum absolute atomic E-state index is 0. The maximum absolute atomic E-state index is 5.63. The van der Waals surface area contributed by atoms with Gasteiger partial charge in [0.05, 0.1) is 0 Å². The molecule has 2 nitrogen and oxygen atoms in total. The number of benzene rings is 1. The summed E-state index contributed by atoms with van der Waals surface area (Å²) in [6, 6.07) is 6.80. The zero-order chi connectivity index (χ0) is 8.27. The first-order valence-corrected chi connectivity index (χ1v) is 3.70. The summed E-state index contributed by atoms with van der Waals surface area (Å²) in [5, 5.41) is 0.660. The molecule has 0 radical (unpaired) electrons. The highest BCUT2D eigenvalue weighted by molar-refractivity contribution is 7.80. The number of halogens is 2. The number of hydrogen-bond donors (Lipinski definition) is 1. The van der Waals surface area contributed by atoms with Crippen molar-refractivity contribution >= 4 is 29.0 Å². The van der Waals surface area contributed by atoms with E-state index in [1.54, 1.807) is 24.3 Å². The van der Waals surface area contributed by atoms with E-state index in [9.17, 15) is 0 Å². The highest BCUT2D eigenvalue weighted by atomic mass is 35.5. The summed E-state index contributed by atoms with van der Waals surface area (Å²) in [6.45, 7) is 0. The Morgan fingerprint density at radius 2 is 1.83 bits per heavy atom. The summed E-state index contributed by atoms with van der Waals surface area (Å²) in [7, 11) is 0. The molecule has 1 aromatic carbocycles. The molecule has 0 aromatic heterocycles. The lowest BCUT2D eigenvalue weighted by molar-refractivity contribution is 0.557. The van der Waals surface area contributed by atoms with E-state index < -0.39 is 0 Å². The van der Waals surface area contributed by atoms with Gasteiger partial charge in [-0.1, -0.05) is 11.6 Å². The van der Waals surface area contributed by atoms with Gasteiger partial charge in [-0.2, -0.15) is 0 Å². The maximum Gasteiger partial charge on any atom is 0.259 e. The zero-order valence-corrected chi connectivity index (χ0v) is 7.56. The predicted molar refractivity (Wildman–Crippen MR) is 51.4 cm³/mol. The second-order valence-corrected chi connectivity index (χ2v) is 2.71. The van der Waals surface area contributed by atoms with E-state index in [0.717, 1.165) is 0 Å². The Balaban J connectivity index is 0.00000121. The van der Waals surface area contributed by atoms with Crippen LogP contribution in [0.25, 0.3) is 0 Å². The third-order valence-electron chi connectivity index (χ3n) is 1.03. The van der Waals surface area contributed by atoms with Crippen LogP contribution >= 0.6 is 23.8 Å². The van der Waals surface area contributed by atoms with Crippen LogP contribution in [0.1, 0.15) is 0 Å². The van der Waals surface area contributed by atoms with Crippen molar-refractivity contribution in [1.29, 1.82) is 0 Å². The van der Waals surface area contributed by atoms with Crippen LogP contribution in [-0.4, -0.2) is 5.17 Å². The quantitative estimate of drug-likeness (QED) is 0.717. The van der Waals surface area contributed by atoms with Crippen molar-refractivity contribution in [3.8, 4) is 5.75 Å². The molecular weight excluding hydrogens is 201 g/mol. The molecule has 0 aliphatic carbocycles. The van der Waals surface area contributed by atoms with Gasteiger partial charge in [-0.15, -0.1) is 0 Å². The number of ether oxygens (including phenoxy) is 1. The van der Waals surface area contributed by atoms with Crippen molar-refractivity contribution in [3.05, 3.63) is 29.3 Å². The summed E-state index contributed by atoms with van der Waals surface area (Å²) < 4.78 is 4.92. The van der Waals surface area contributed by atoms with E-state index in [0.29, 0.717) is 10.8 Å².